The Morgan fingerprint density at radius 2 is 1.70 bits per heavy atom. The molecule has 7 unspecified atom stereocenters. The number of aliphatic hydroxyl groups is 1. The minimum atomic E-state index is -0.0753. The van der Waals surface area contributed by atoms with Gasteiger partial charge < -0.3 is 5.11 Å². The largest absolute Gasteiger partial charge is 0.393 e. The first kappa shape index (κ1) is 24.3. The predicted octanol–water partition coefficient (Wildman–Crippen LogP) is 8.56. The van der Waals surface area contributed by atoms with Crippen LogP contribution in [0.15, 0.2) is 11.6 Å². The van der Waals surface area contributed by atoms with Gasteiger partial charge in [-0.05, 0) is 104 Å². The lowest BCUT2D eigenvalue weighted by molar-refractivity contribution is -0.0509. The Bertz CT molecular complexity index is 598. The number of aliphatic hydroxyl groups excluding tert-OH is 1. The molecule has 3 saturated carbocycles. The molecule has 0 bridgehead atoms. The highest BCUT2D eigenvalue weighted by molar-refractivity contribution is 5.25. The van der Waals surface area contributed by atoms with Crippen LogP contribution >= 0.6 is 0 Å². The van der Waals surface area contributed by atoms with Crippen LogP contribution in [-0.2, 0) is 0 Å². The molecule has 0 radical (unpaired) electrons. The molecular weight excluding hydrogens is 364 g/mol. The van der Waals surface area contributed by atoms with Crippen molar-refractivity contribution in [3.8, 4) is 0 Å². The van der Waals surface area contributed by atoms with Crippen molar-refractivity contribution in [3.05, 3.63) is 11.6 Å². The van der Waals surface area contributed by atoms with Gasteiger partial charge in [-0.2, -0.15) is 0 Å². The maximum absolute atomic E-state index is 10.2. The summed E-state index contributed by atoms with van der Waals surface area (Å²) in [7, 11) is 0. The first-order chi connectivity index (χ1) is 14.1. The lowest BCUT2D eigenvalue weighted by atomic mass is 9.47. The summed E-state index contributed by atoms with van der Waals surface area (Å²) in [5, 5.41) is 10.2. The van der Waals surface area contributed by atoms with Gasteiger partial charge in [0, 0.05) is 0 Å². The standard InChI is InChI=1S/C27H46O.C2H6/c1-25(2,3)15-7-6-8-19-10-12-23-22-11-9-20-18-21(28)13-16-27(20,5)24(22)14-17-26(19,23)4;1-2/h9,19,21-24,28H,6-8,10-18H2,1-5H3;1-2H3. The van der Waals surface area contributed by atoms with Crippen LogP contribution in [0.3, 0.4) is 0 Å². The number of hydrogen-bond acceptors (Lipinski definition) is 1. The third-order valence-electron chi connectivity index (χ3n) is 10.0. The highest BCUT2D eigenvalue weighted by Gasteiger charge is 2.58. The first-order valence-corrected chi connectivity index (χ1v) is 13.5. The number of hydrogen-bond donors (Lipinski definition) is 1. The van der Waals surface area contributed by atoms with E-state index < -0.39 is 0 Å². The summed E-state index contributed by atoms with van der Waals surface area (Å²) in [5.74, 6) is 3.74. The number of rotatable bonds is 4. The van der Waals surface area contributed by atoms with Crippen LogP contribution in [0, 0.1) is 39.9 Å². The summed E-state index contributed by atoms with van der Waals surface area (Å²) in [6, 6.07) is 0. The van der Waals surface area contributed by atoms with E-state index in [0.717, 1.165) is 36.5 Å². The lowest BCUT2D eigenvalue weighted by Crippen LogP contribution is -2.50. The molecule has 4 rings (SSSR count). The Morgan fingerprint density at radius 3 is 2.40 bits per heavy atom. The van der Waals surface area contributed by atoms with Gasteiger partial charge in [0.2, 0.25) is 0 Å². The quantitative estimate of drug-likeness (QED) is 0.359. The van der Waals surface area contributed by atoms with Crippen LogP contribution in [0.5, 0.6) is 0 Å². The van der Waals surface area contributed by atoms with Crippen molar-refractivity contribution < 1.29 is 5.11 Å². The fourth-order valence-electron chi connectivity index (χ4n) is 8.27. The SMILES string of the molecule is CC.CC(C)(C)CCCCC1CCC2C3CC=C4CC(O)CCC4(C)C3CCC12C. The van der Waals surface area contributed by atoms with Gasteiger partial charge in [0.15, 0.2) is 0 Å². The summed E-state index contributed by atoms with van der Waals surface area (Å²) < 4.78 is 0. The number of fused-ring (bicyclic) bond motifs is 5. The van der Waals surface area contributed by atoms with Crippen LogP contribution in [0.25, 0.3) is 0 Å². The maximum atomic E-state index is 10.2. The van der Waals surface area contributed by atoms with Gasteiger partial charge in [-0.15, -0.1) is 0 Å². The van der Waals surface area contributed by atoms with E-state index in [1.165, 1.54) is 64.2 Å². The molecular formula is C29H52O. The van der Waals surface area contributed by atoms with Crippen LogP contribution < -0.4 is 0 Å². The summed E-state index contributed by atoms with van der Waals surface area (Å²) in [5.41, 5.74) is 3.12. The van der Waals surface area contributed by atoms with Gasteiger partial charge in [-0.3, -0.25) is 0 Å². The van der Waals surface area contributed by atoms with Crippen molar-refractivity contribution in [2.75, 3.05) is 0 Å². The van der Waals surface area contributed by atoms with E-state index in [2.05, 4.69) is 40.7 Å². The Balaban J connectivity index is 0.00000124. The number of unbranched alkanes of at least 4 members (excludes halogenated alkanes) is 1. The van der Waals surface area contributed by atoms with E-state index in [1.54, 1.807) is 5.57 Å². The fourth-order valence-corrected chi connectivity index (χ4v) is 8.27. The average Bonchev–Trinajstić information content (AvgIpc) is 3.03. The molecule has 4 aliphatic carbocycles. The van der Waals surface area contributed by atoms with Gasteiger partial charge in [-0.25, -0.2) is 0 Å². The summed E-state index contributed by atoms with van der Waals surface area (Å²) in [4.78, 5) is 0. The van der Waals surface area contributed by atoms with Crippen molar-refractivity contribution in [3.63, 3.8) is 0 Å². The van der Waals surface area contributed by atoms with Crippen LogP contribution in [0.2, 0.25) is 0 Å². The van der Waals surface area contributed by atoms with Crippen molar-refractivity contribution in [2.24, 2.45) is 39.9 Å². The van der Waals surface area contributed by atoms with Gasteiger partial charge in [0.05, 0.1) is 6.10 Å². The zero-order chi connectivity index (χ0) is 22.2. The second kappa shape index (κ2) is 9.29. The summed E-state index contributed by atoms with van der Waals surface area (Å²) in [6.07, 6.45) is 18.6. The van der Waals surface area contributed by atoms with Crippen LogP contribution in [0.4, 0.5) is 0 Å². The molecule has 0 heterocycles. The molecule has 0 amide bonds. The van der Waals surface area contributed by atoms with Crippen molar-refractivity contribution in [2.45, 2.75) is 132 Å². The molecule has 30 heavy (non-hydrogen) atoms. The molecule has 0 spiro atoms. The van der Waals surface area contributed by atoms with Gasteiger partial charge in [-0.1, -0.05) is 73.0 Å². The second-order valence-electron chi connectivity index (χ2n) is 12.8. The Kier molecular flexibility index (Phi) is 7.53. The minimum absolute atomic E-state index is 0.0753. The molecule has 174 valence electrons. The highest BCUT2D eigenvalue weighted by Crippen LogP contribution is 2.66. The normalized spacial score (nSPS) is 42.9. The summed E-state index contributed by atoms with van der Waals surface area (Å²) >= 11 is 0. The van der Waals surface area contributed by atoms with Crippen LogP contribution in [0.1, 0.15) is 126 Å². The molecule has 0 aliphatic heterocycles. The Hall–Kier alpha value is -0.300. The first-order valence-electron chi connectivity index (χ1n) is 13.5. The summed E-state index contributed by atoms with van der Waals surface area (Å²) in [6.45, 7) is 16.4. The molecule has 1 heteroatoms. The van der Waals surface area contributed by atoms with Gasteiger partial charge >= 0.3 is 0 Å². The van der Waals surface area contributed by atoms with Gasteiger partial charge in [0.1, 0.15) is 0 Å². The third kappa shape index (κ3) is 4.57. The van der Waals surface area contributed by atoms with Crippen molar-refractivity contribution in [1.29, 1.82) is 0 Å². The van der Waals surface area contributed by atoms with Crippen molar-refractivity contribution >= 4 is 0 Å². The Morgan fingerprint density at radius 1 is 0.967 bits per heavy atom. The molecule has 1 N–H and O–H groups in total. The lowest BCUT2D eigenvalue weighted by Gasteiger charge is -2.58. The smallest absolute Gasteiger partial charge is 0.0577 e. The molecule has 0 aromatic heterocycles. The fraction of sp³-hybridized carbons (Fsp3) is 0.931. The molecule has 0 aromatic rings. The van der Waals surface area contributed by atoms with Crippen molar-refractivity contribution in [1.82, 2.24) is 0 Å². The zero-order valence-corrected chi connectivity index (χ0v) is 21.4. The maximum Gasteiger partial charge on any atom is 0.0577 e. The molecule has 7 atom stereocenters. The second-order valence-corrected chi connectivity index (χ2v) is 12.8. The van der Waals surface area contributed by atoms with Gasteiger partial charge in [0.25, 0.3) is 0 Å². The van der Waals surface area contributed by atoms with E-state index in [1.807, 2.05) is 13.8 Å². The monoisotopic (exact) mass is 416 g/mol. The molecule has 4 aliphatic rings. The third-order valence-corrected chi connectivity index (χ3v) is 10.0. The van der Waals surface area contributed by atoms with E-state index in [0.29, 0.717) is 16.2 Å². The van der Waals surface area contributed by atoms with E-state index in [-0.39, 0.29) is 6.10 Å². The average molecular weight is 417 g/mol. The number of allylic oxidation sites excluding steroid dienone is 1. The van der Waals surface area contributed by atoms with E-state index >= 15 is 0 Å². The topological polar surface area (TPSA) is 20.2 Å². The molecule has 0 saturated heterocycles. The van der Waals surface area contributed by atoms with Crippen LogP contribution in [-0.4, -0.2) is 11.2 Å². The molecule has 1 nitrogen and oxygen atoms in total. The zero-order valence-electron chi connectivity index (χ0n) is 21.4. The Labute approximate surface area is 188 Å². The van der Waals surface area contributed by atoms with E-state index in [9.17, 15) is 5.11 Å². The predicted molar refractivity (Wildman–Crippen MR) is 130 cm³/mol. The minimum Gasteiger partial charge on any atom is -0.393 e. The molecule has 0 aromatic carbocycles. The highest BCUT2D eigenvalue weighted by atomic mass is 16.3. The molecule has 3 fully saturated rings. The van der Waals surface area contributed by atoms with E-state index in [4.69, 9.17) is 0 Å².